The van der Waals surface area contributed by atoms with Gasteiger partial charge in [0, 0.05) is 24.0 Å². The van der Waals surface area contributed by atoms with Gasteiger partial charge in [0.1, 0.15) is 4.21 Å². The quantitative estimate of drug-likeness (QED) is 0.719. The van der Waals surface area contributed by atoms with Crippen LogP contribution >= 0.6 is 22.7 Å². The van der Waals surface area contributed by atoms with Gasteiger partial charge in [0.25, 0.3) is 5.91 Å². The maximum Gasteiger partial charge on any atom is 0.263 e. The number of thiophene rings is 2. The summed E-state index contributed by atoms with van der Waals surface area (Å²) in [5.41, 5.74) is 1.65. The third-order valence-corrected chi connectivity index (χ3v) is 10.5. The van der Waals surface area contributed by atoms with Crippen LogP contribution in [0.5, 0.6) is 0 Å². The Morgan fingerprint density at radius 1 is 1.20 bits per heavy atom. The molecule has 30 heavy (non-hydrogen) atoms. The molecule has 0 saturated carbocycles. The summed E-state index contributed by atoms with van der Waals surface area (Å²) in [5, 5.41) is 1.76. The van der Waals surface area contributed by atoms with Gasteiger partial charge in [-0.15, -0.1) is 22.7 Å². The van der Waals surface area contributed by atoms with E-state index in [2.05, 4.69) is 31.6 Å². The summed E-state index contributed by atoms with van der Waals surface area (Å²) in [5.74, 6) is 0.760. The molecule has 164 valence electrons. The number of sulfonamides is 1. The molecule has 1 fully saturated rings. The molecular weight excluding hydrogens is 436 g/mol. The summed E-state index contributed by atoms with van der Waals surface area (Å²) in [4.78, 5) is 17.2. The van der Waals surface area contributed by atoms with Crippen LogP contribution in [0.2, 0.25) is 0 Å². The van der Waals surface area contributed by atoms with E-state index in [0.29, 0.717) is 41.5 Å². The third-order valence-electron chi connectivity index (χ3n) is 6.38. The Morgan fingerprint density at radius 3 is 2.57 bits per heavy atom. The number of likely N-dealkylation sites (tertiary alicyclic amines) is 1. The molecule has 8 heteroatoms. The maximum atomic E-state index is 13.1. The predicted molar refractivity (Wildman–Crippen MR) is 123 cm³/mol. The molecule has 0 aromatic carbocycles. The Kier molecular flexibility index (Phi) is 6.14. The lowest BCUT2D eigenvalue weighted by Gasteiger charge is -2.33. The molecule has 1 aliphatic carbocycles. The van der Waals surface area contributed by atoms with Gasteiger partial charge in [0.15, 0.2) is 0 Å². The molecule has 1 amide bonds. The zero-order chi connectivity index (χ0) is 21.5. The van der Waals surface area contributed by atoms with Gasteiger partial charge in [0.2, 0.25) is 10.0 Å². The van der Waals surface area contributed by atoms with Gasteiger partial charge in [-0.3, -0.25) is 4.79 Å². The number of carbonyl (C=O) groups excluding carboxylic acids is 1. The van der Waals surface area contributed by atoms with Crippen LogP contribution in [0.15, 0.2) is 27.8 Å². The second kappa shape index (κ2) is 8.37. The molecule has 1 saturated heterocycles. The first-order chi connectivity index (χ1) is 14.1. The van der Waals surface area contributed by atoms with E-state index in [9.17, 15) is 13.2 Å². The van der Waals surface area contributed by atoms with Gasteiger partial charge >= 0.3 is 0 Å². The molecule has 4 rings (SSSR count). The van der Waals surface area contributed by atoms with Crippen molar-refractivity contribution in [1.29, 1.82) is 0 Å². The van der Waals surface area contributed by atoms with Gasteiger partial charge < -0.3 is 4.90 Å². The fourth-order valence-electron chi connectivity index (χ4n) is 4.42. The Labute approximate surface area is 187 Å². The highest BCUT2D eigenvalue weighted by atomic mass is 32.2. The summed E-state index contributed by atoms with van der Waals surface area (Å²) in [6.07, 6.45) is 4.62. The lowest BCUT2D eigenvalue weighted by atomic mass is 9.72. The highest BCUT2D eigenvalue weighted by Gasteiger charge is 2.32. The van der Waals surface area contributed by atoms with E-state index in [1.54, 1.807) is 28.8 Å². The molecule has 5 nitrogen and oxygen atoms in total. The minimum absolute atomic E-state index is 0.0984. The number of fused-ring (bicyclic) bond motifs is 1. The monoisotopic (exact) mass is 466 g/mol. The summed E-state index contributed by atoms with van der Waals surface area (Å²) < 4.78 is 28.0. The van der Waals surface area contributed by atoms with Crippen LogP contribution in [-0.2, 0) is 22.9 Å². The topological polar surface area (TPSA) is 66.5 Å². The van der Waals surface area contributed by atoms with Crippen molar-refractivity contribution in [3.05, 3.63) is 38.9 Å². The average Bonchev–Trinajstić information content (AvgIpc) is 3.36. The van der Waals surface area contributed by atoms with E-state index in [4.69, 9.17) is 0 Å². The molecular formula is C22H30N2O3S3. The van der Waals surface area contributed by atoms with E-state index in [-0.39, 0.29) is 11.9 Å². The van der Waals surface area contributed by atoms with Gasteiger partial charge in [-0.05, 0) is 66.5 Å². The standard InChI is InChI=1S/C22H30N2O3S3/c1-22(2,3)16-6-7-18-15(13-16)14-19(29-18)21(25)24-10-8-17(9-11-24)23-30(26,27)20-5-4-12-28-20/h4-5,12,14,16-17,23H,6-11,13H2,1-3H3. The number of nitrogens with zero attached hydrogens (tertiary/aromatic N) is 1. The smallest absolute Gasteiger partial charge is 0.263 e. The first kappa shape index (κ1) is 22.0. The van der Waals surface area contributed by atoms with Crippen molar-refractivity contribution in [2.24, 2.45) is 11.3 Å². The zero-order valence-electron chi connectivity index (χ0n) is 17.8. The van der Waals surface area contributed by atoms with Crippen molar-refractivity contribution in [1.82, 2.24) is 9.62 Å². The lowest BCUT2D eigenvalue weighted by molar-refractivity contribution is 0.0716. The Hall–Kier alpha value is -1.22. The van der Waals surface area contributed by atoms with Crippen LogP contribution in [0.4, 0.5) is 0 Å². The molecule has 2 aromatic heterocycles. The molecule has 1 N–H and O–H groups in total. The normalized spacial score (nSPS) is 20.9. The first-order valence-corrected chi connectivity index (χ1v) is 13.8. The van der Waals surface area contributed by atoms with E-state index in [1.165, 1.54) is 28.2 Å². The Bertz CT molecular complexity index is 995. The summed E-state index contributed by atoms with van der Waals surface area (Å²) in [7, 11) is -3.46. The van der Waals surface area contributed by atoms with Gasteiger partial charge in [-0.25, -0.2) is 13.1 Å². The predicted octanol–water partition coefficient (Wildman–Crippen LogP) is 4.54. The van der Waals surface area contributed by atoms with Crippen LogP contribution in [-0.4, -0.2) is 38.4 Å². The minimum atomic E-state index is -3.46. The molecule has 0 radical (unpaired) electrons. The highest BCUT2D eigenvalue weighted by molar-refractivity contribution is 7.91. The van der Waals surface area contributed by atoms with Gasteiger partial charge in [0.05, 0.1) is 4.88 Å². The second-order valence-corrected chi connectivity index (χ2v) is 13.5. The summed E-state index contributed by atoms with van der Waals surface area (Å²) in [6, 6.07) is 5.36. The van der Waals surface area contributed by atoms with Crippen molar-refractivity contribution in [3.8, 4) is 0 Å². The SMILES string of the molecule is CC(C)(C)C1CCc2sc(C(=O)N3CCC(NS(=O)(=O)c4cccs4)CC3)cc2C1. The third kappa shape index (κ3) is 4.66. The molecule has 2 aromatic rings. The number of hydrogen-bond acceptors (Lipinski definition) is 5. The zero-order valence-corrected chi connectivity index (χ0v) is 20.3. The molecule has 2 aliphatic rings. The van der Waals surface area contributed by atoms with E-state index in [0.717, 1.165) is 17.7 Å². The van der Waals surface area contributed by atoms with Crippen LogP contribution < -0.4 is 4.72 Å². The number of aryl methyl sites for hydroxylation is 1. The molecule has 1 atom stereocenters. The number of rotatable bonds is 4. The van der Waals surface area contributed by atoms with Crippen molar-refractivity contribution in [2.45, 2.75) is 63.1 Å². The lowest BCUT2D eigenvalue weighted by Crippen LogP contribution is -2.46. The number of carbonyl (C=O) groups is 1. The molecule has 0 spiro atoms. The maximum absolute atomic E-state index is 13.1. The summed E-state index contributed by atoms with van der Waals surface area (Å²) >= 11 is 2.88. The van der Waals surface area contributed by atoms with E-state index >= 15 is 0 Å². The first-order valence-electron chi connectivity index (χ1n) is 10.6. The Morgan fingerprint density at radius 2 is 1.93 bits per heavy atom. The second-order valence-electron chi connectivity index (χ2n) is 9.48. The van der Waals surface area contributed by atoms with Crippen molar-refractivity contribution < 1.29 is 13.2 Å². The number of hydrogen-bond donors (Lipinski definition) is 1. The van der Waals surface area contributed by atoms with Gasteiger partial charge in [-0.2, -0.15) is 0 Å². The fraction of sp³-hybridized carbons (Fsp3) is 0.591. The Balaban J connectivity index is 1.36. The number of piperidine rings is 1. The number of nitrogens with one attached hydrogen (secondary N) is 1. The van der Waals surface area contributed by atoms with Crippen LogP contribution in [0.3, 0.4) is 0 Å². The minimum Gasteiger partial charge on any atom is -0.338 e. The molecule has 1 aliphatic heterocycles. The number of amides is 1. The molecule has 1 unspecified atom stereocenters. The summed E-state index contributed by atoms with van der Waals surface area (Å²) in [6.45, 7) is 8.08. The molecule has 3 heterocycles. The highest BCUT2D eigenvalue weighted by Crippen LogP contribution is 2.40. The fourth-order valence-corrected chi connectivity index (χ4v) is 7.91. The van der Waals surface area contributed by atoms with E-state index < -0.39 is 10.0 Å². The van der Waals surface area contributed by atoms with Gasteiger partial charge in [-0.1, -0.05) is 26.8 Å². The average molecular weight is 467 g/mol. The van der Waals surface area contributed by atoms with Crippen LogP contribution in [0.25, 0.3) is 0 Å². The van der Waals surface area contributed by atoms with Crippen molar-refractivity contribution >= 4 is 38.6 Å². The van der Waals surface area contributed by atoms with Crippen molar-refractivity contribution in [2.75, 3.05) is 13.1 Å². The van der Waals surface area contributed by atoms with Crippen molar-refractivity contribution in [3.63, 3.8) is 0 Å². The van der Waals surface area contributed by atoms with Crippen LogP contribution in [0.1, 0.15) is 60.1 Å². The van der Waals surface area contributed by atoms with Crippen LogP contribution in [0, 0.1) is 11.3 Å². The largest absolute Gasteiger partial charge is 0.338 e. The van der Waals surface area contributed by atoms with E-state index in [1.807, 2.05) is 4.90 Å². The molecule has 0 bridgehead atoms.